The molecule has 1 amide bonds. The summed E-state index contributed by atoms with van der Waals surface area (Å²) in [6.07, 6.45) is 0. The summed E-state index contributed by atoms with van der Waals surface area (Å²) in [6, 6.07) is 10.8. The van der Waals surface area contributed by atoms with Crippen LogP contribution in [0.3, 0.4) is 0 Å². The maximum atomic E-state index is 13.4. The first-order chi connectivity index (χ1) is 13.9. The van der Waals surface area contributed by atoms with Crippen LogP contribution in [0, 0.1) is 0 Å². The lowest BCUT2D eigenvalue weighted by Gasteiger charge is -2.23. The van der Waals surface area contributed by atoms with Gasteiger partial charge >= 0.3 is 0 Å². The standard InChI is InChI=1S/C21H24ClN3O3S.ClH/c1-5-28-15-7-8-17-19(13-15)29-21(23-17)25(11-10-24(2)3)20(26)16-12-14(22)6-9-18(16)27-4;/h6-9,12-13H,5,10-11H2,1-4H3;1H. The lowest BCUT2D eigenvalue weighted by atomic mass is 10.1. The average molecular weight is 470 g/mol. The number of fused-ring (bicyclic) bond motifs is 1. The average Bonchev–Trinajstić information content (AvgIpc) is 3.11. The normalized spacial score (nSPS) is 10.7. The van der Waals surface area contributed by atoms with Crippen molar-refractivity contribution >= 4 is 56.6 Å². The number of carbonyl (C=O) groups excluding carboxylic acids is 1. The van der Waals surface area contributed by atoms with E-state index in [-0.39, 0.29) is 18.3 Å². The third kappa shape index (κ3) is 5.55. The highest BCUT2D eigenvalue weighted by molar-refractivity contribution is 7.22. The van der Waals surface area contributed by atoms with Crippen molar-refractivity contribution in [1.29, 1.82) is 0 Å². The largest absolute Gasteiger partial charge is 0.496 e. The summed E-state index contributed by atoms with van der Waals surface area (Å²) in [5, 5.41) is 1.11. The predicted molar refractivity (Wildman–Crippen MR) is 126 cm³/mol. The first-order valence-electron chi connectivity index (χ1n) is 9.26. The van der Waals surface area contributed by atoms with Gasteiger partial charge in [0.1, 0.15) is 11.5 Å². The number of likely N-dealkylation sites (N-methyl/N-ethyl adjacent to an activating group) is 1. The van der Waals surface area contributed by atoms with E-state index in [1.54, 1.807) is 23.1 Å². The van der Waals surface area contributed by atoms with Gasteiger partial charge in [-0.15, -0.1) is 12.4 Å². The number of aromatic nitrogens is 1. The second-order valence-corrected chi connectivity index (χ2v) is 8.11. The van der Waals surface area contributed by atoms with Gasteiger partial charge in [-0.1, -0.05) is 22.9 Å². The van der Waals surface area contributed by atoms with Gasteiger partial charge in [0.15, 0.2) is 5.13 Å². The lowest BCUT2D eigenvalue weighted by molar-refractivity contribution is 0.0982. The number of carbonyl (C=O) groups is 1. The van der Waals surface area contributed by atoms with Crippen molar-refractivity contribution in [1.82, 2.24) is 9.88 Å². The topological polar surface area (TPSA) is 54.9 Å². The Bertz CT molecular complexity index is 1010. The predicted octanol–water partition coefficient (Wildman–Crippen LogP) is 4.99. The molecule has 0 fully saturated rings. The van der Waals surface area contributed by atoms with Crippen molar-refractivity contribution in [2.75, 3.05) is 45.8 Å². The fraction of sp³-hybridized carbons (Fsp3) is 0.333. The zero-order valence-electron chi connectivity index (χ0n) is 17.3. The van der Waals surface area contributed by atoms with Crippen molar-refractivity contribution in [3.05, 3.63) is 47.0 Å². The highest BCUT2D eigenvalue weighted by atomic mass is 35.5. The molecule has 3 aromatic rings. The van der Waals surface area contributed by atoms with Gasteiger partial charge in [0, 0.05) is 18.1 Å². The molecule has 0 aliphatic carbocycles. The fourth-order valence-electron chi connectivity index (χ4n) is 2.84. The van der Waals surface area contributed by atoms with E-state index in [4.69, 9.17) is 26.1 Å². The van der Waals surface area contributed by atoms with Gasteiger partial charge in [0.25, 0.3) is 5.91 Å². The van der Waals surface area contributed by atoms with Crippen LogP contribution in [-0.2, 0) is 0 Å². The Morgan fingerprint density at radius 2 is 1.93 bits per heavy atom. The number of benzene rings is 2. The van der Waals surface area contributed by atoms with Crippen LogP contribution in [0.25, 0.3) is 10.2 Å². The molecule has 6 nitrogen and oxygen atoms in total. The quantitative estimate of drug-likeness (QED) is 0.465. The maximum absolute atomic E-state index is 13.4. The zero-order valence-corrected chi connectivity index (χ0v) is 19.7. The summed E-state index contributed by atoms with van der Waals surface area (Å²) >= 11 is 7.61. The maximum Gasteiger partial charge on any atom is 0.263 e. The van der Waals surface area contributed by atoms with Crippen LogP contribution in [0.15, 0.2) is 36.4 Å². The minimum atomic E-state index is -0.199. The Morgan fingerprint density at radius 3 is 2.60 bits per heavy atom. The van der Waals surface area contributed by atoms with E-state index < -0.39 is 0 Å². The molecule has 0 radical (unpaired) electrons. The van der Waals surface area contributed by atoms with Crippen molar-refractivity contribution in [3.8, 4) is 11.5 Å². The molecule has 0 N–H and O–H groups in total. The van der Waals surface area contributed by atoms with Crippen molar-refractivity contribution in [3.63, 3.8) is 0 Å². The highest BCUT2D eigenvalue weighted by Crippen LogP contribution is 2.33. The monoisotopic (exact) mass is 469 g/mol. The Kier molecular flexibility index (Phi) is 8.73. The molecule has 0 spiro atoms. The molecule has 0 aliphatic rings. The van der Waals surface area contributed by atoms with E-state index in [1.165, 1.54) is 18.4 Å². The second kappa shape index (κ2) is 10.8. The van der Waals surface area contributed by atoms with Crippen molar-refractivity contribution < 1.29 is 14.3 Å². The van der Waals surface area contributed by atoms with E-state index in [0.717, 1.165) is 16.0 Å². The summed E-state index contributed by atoms with van der Waals surface area (Å²) in [4.78, 5) is 21.8. The number of nitrogens with zero attached hydrogens (tertiary/aromatic N) is 3. The van der Waals surface area contributed by atoms with Crippen LogP contribution in [0.4, 0.5) is 5.13 Å². The number of halogens is 2. The van der Waals surface area contributed by atoms with Gasteiger partial charge in [-0.25, -0.2) is 4.98 Å². The lowest BCUT2D eigenvalue weighted by Crippen LogP contribution is -2.37. The molecule has 0 aliphatic heterocycles. The molecule has 0 saturated heterocycles. The Labute approximate surface area is 191 Å². The van der Waals surface area contributed by atoms with Gasteiger partial charge in [0.2, 0.25) is 0 Å². The number of methoxy groups -OCH3 is 1. The van der Waals surface area contributed by atoms with Gasteiger partial charge < -0.3 is 14.4 Å². The van der Waals surface area contributed by atoms with Gasteiger partial charge in [0.05, 0.1) is 29.5 Å². The number of ether oxygens (including phenoxy) is 2. The molecule has 0 atom stereocenters. The summed E-state index contributed by atoms with van der Waals surface area (Å²) in [5.41, 5.74) is 1.24. The Hall–Kier alpha value is -2.06. The SMILES string of the molecule is CCOc1ccc2nc(N(CCN(C)C)C(=O)c3cc(Cl)ccc3OC)sc2c1.Cl. The van der Waals surface area contributed by atoms with Gasteiger partial charge in [-0.3, -0.25) is 9.69 Å². The van der Waals surface area contributed by atoms with Crippen LogP contribution in [-0.4, -0.2) is 56.7 Å². The number of hydrogen-bond acceptors (Lipinski definition) is 6. The number of thiazole rings is 1. The van der Waals surface area contributed by atoms with Gasteiger partial charge in [-0.2, -0.15) is 0 Å². The van der Waals surface area contributed by atoms with Crippen LogP contribution in [0.1, 0.15) is 17.3 Å². The number of anilines is 1. The van der Waals surface area contributed by atoms with Gasteiger partial charge in [-0.05, 0) is 57.4 Å². The molecule has 1 heterocycles. The van der Waals surface area contributed by atoms with Crippen LogP contribution in [0.5, 0.6) is 11.5 Å². The molecule has 2 aromatic carbocycles. The summed E-state index contributed by atoms with van der Waals surface area (Å²) < 4.78 is 11.9. The van der Waals surface area contributed by atoms with E-state index in [0.29, 0.717) is 41.2 Å². The molecule has 9 heteroatoms. The van der Waals surface area contributed by atoms with E-state index >= 15 is 0 Å². The molecular weight excluding hydrogens is 445 g/mol. The molecule has 3 rings (SSSR count). The smallest absolute Gasteiger partial charge is 0.263 e. The summed E-state index contributed by atoms with van der Waals surface area (Å²) in [5.74, 6) is 1.07. The first kappa shape index (κ1) is 24.2. The van der Waals surface area contributed by atoms with Crippen molar-refractivity contribution in [2.24, 2.45) is 0 Å². The third-order valence-electron chi connectivity index (χ3n) is 4.30. The van der Waals surface area contributed by atoms with Crippen LogP contribution >= 0.6 is 35.3 Å². The summed E-state index contributed by atoms with van der Waals surface area (Å²) in [6.45, 7) is 3.72. The summed E-state index contributed by atoms with van der Waals surface area (Å²) in [7, 11) is 5.47. The number of amides is 1. The van der Waals surface area contributed by atoms with Crippen LogP contribution in [0.2, 0.25) is 5.02 Å². The van der Waals surface area contributed by atoms with E-state index in [1.807, 2.05) is 44.1 Å². The number of rotatable bonds is 8. The van der Waals surface area contributed by atoms with E-state index in [2.05, 4.69) is 0 Å². The molecule has 0 unspecified atom stereocenters. The second-order valence-electron chi connectivity index (χ2n) is 6.66. The molecule has 1 aromatic heterocycles. The number of hydrogen-bond donors (Lipinski definition) is 0. The molecule has 0 bridgehead atoms. The Balaban J connectivity index is 0.00000320. The first-order valence-corrected chi connectivity index (χ1v) is 10.5. The molecule has 30 heavy (non-hydrogen) atoms. The van der Waals surface area contributed by atoms with Crippen LogP contribution < -0.4 is 14.4 Å². The Morgan fingerprint density at radius 1 is 1.17 bits per heavy atom. The fourth-order valence-corrected chi connectivity index (χ4v) is 4.03. The molecule has 0 saturated carbocycles. The molecule has 162 valence electrons. The minimum Gasteiger partial charge on any atom is -0.496 e. The highest BCUT2D eigenvalue weighted by Gasteiger charge is 2.24. The van der Waals surface area contributed by atoms with Crippen molar-refractivity contribution in [2.45, 2.75) is 6.92 Å². The van der Waals surface area contributed by atoms with E-state index in [9.17, 15) is 4.79 Å². The molecular formula is C21H25Cl2N3O3S. The zero-order chi connectivity index (χ0) is 21.0. The third-order valence-corrected chi connectivity index (χ3v) is 5.57. The minimum absolute atomic E-state index is 0.